The molecular formula is C22H30N2O4. The summed E-state index contributed by atoms with van der Waals surface area (Å²) in [6.45, 7) is 3.72. The Kier molecular flexibility index (Phi) is 9.28. The van der Waals surface area contributed by atoms with E-state index in [1.165, 1.54) is 0 Å². The molecule has 0 aliphatic carbocycles. The summed E-state index contributed by atoms with van der Waals surface area (Å²) < 4.78 is 10.5. The zero-order chi connectivity index (χ0) is 20.2. The van der Waals surface area contributed by atoms with Gasteiger partial charge in [-0.15, -0.1) is 0 Å². The molecule has 0 aliphatic rings. The van der Waals surface area contributed by atoms with E-state index < -0.39 is 0 Å². The summed E-state index contributed by atoms with van der Waals surface area (Å²) in [4.78, 5) is 28.9. The number of unbranched alkanes of at least 4 members (excludes halogenated alkanes) is 1. The van der Waals surface area contributed by atoms with Crippen molar-refractivity contribution in [3.8, 4) is 0 Å². The van der Waals surface area contributed by atoms with Crippen molar-refractivity contribution in [3.05, 3.63) is 60.1 Å². The smallest absolute Gasteiger partial charge is 0.242 e. The maximum absolute atomic E-state index is 13.1. The maximum Gasteiger partial charge on any atom is 0.242 e. The molecule has 152 valence electrons. The predicted molar refractivity (Wildman–Crippen MR) is 107 cm³/mol. The lowest BCUT2D eigenvalue weighted by atomic mass is 10.2. The van der Waals surface area contributed by atoms with Crippen LogP contribution in [0, 0.1) is 0 Å². The summed E-state index contributed by atoms with van der Waals surface area (Å²) >= 11 is 0. The van der Waals surface area contributed by atoms with Crippen molar-refractivity contribution in [2.45, 2.75) is 39.3 Å². The molecule has 2 rings (SSSR count). The molecule has 1 heterocycles. The molecule has 0 N–H and O–H groups in total. The van der Waals surface area contributed by atoms with Crippen LogP contribution in [-0.4, -0.2) is 48.4 Å². The average molecular weight is 386 g/mol. The van der Waals surface area contributed by atoms with Gasteiger partial charge in [0.2, 0.25) is 11.8 Å². The lowest BCUT2D eigenvalue weighted by Crippen LogP contribution is -2.43. The van der Waals surface area contributed by atoms with Crippen LogP contribution in [0.3, 0.4) is 0 Å². The molecule has 0 fully saturated rings. The second kappa shape index (κ2) is 12.0. The minimum absolute atomic E-state index is 0.00934. The highest BCUT2D eigenvalue weighted by Crippen LogP contribution is 2.12. The van der Waals surface area contributed by atoms with E-state index in [2.05, 4.69) is 0 Å². The van der Waals surface area contributed by atoms with Gasteiger partial charge in [0.25, 0.3) is 0 Å². The summed E-state index contributed by atoms with van der Waals surface area (Å²) in [7, 11) is 1.59. The summed E-state index contributed by atoms with van der Waals surface area (Å²) in [6, 6.07) is 13.5. The number of carbonyl (C=O) groups is 2. The molecular weight excluding hydrogens is 356 g/mol. The van der Waals surface area contributed by atoms with Gasteiger partial charge in [-0.2, -0.15) is 0 Å². The standard InChI is InChI=1S/C22H30N2O4/c1-3-4-12-21(25)23(13-15-27-2)18-22(26)24(17-20-11-8-14-28-20)16-19-9-6-5-7-10-19/h5-11,14H,3-4,12-13,15-18H2,1-2H3. The maximum atomic E-state index is 13.1. The zero-order valence-corrected chi connectivity index (χ0v) is 16.8. The summed E-state index contributed by atoms with van der Waals surface area (Å²) in [5.41, 5.74) is 1.03. The Morgan fingerprint density at radius 3 is 2.43 bits per heavy atom. The van der Waals surface area contributed by atoms with Crippen molar-refractivity contribution in [1.29, 1.82) is 0 Å². The first-order valence-electron chi connectivity index (χ1n) is 9.74. The fourth-order valence-electron chi connectivity index (χ4n) is 2.87. The second-order valence-corrected chi connectivity index (χ2v) is 6.73. The van der Waals surface area contributed by atoms with Crippen LogP contribution in [0.2, 0.25) is 0 Å². The van der Waals surface area contributed by atoms with Crippen molar-refractivity contribution >= 4 is 11.8 Å². The first-order chi connectivity index (χ1) is 13.6. The number of amides is 2. The van der Waals surface area contributed by atoms with Gasteiger partial charge in [-0.3, -0.25) is 9.59 Å². The average Bonchev–Trinajstić information content (AvgIpc) is 3.22. The van der Waals surface area contributed by atoms with Gasteiger partial charge in [-0.25, -0.2) is 0 Å². The zero-order valence-electron chi connectivity index (χ0n) is 16.8. The number of furan rings is 1. The number of methoxy groups -OCH3 is 1. The van der Waals surface area contributed by atoms with E-state index in [4.69, 9.17) is 9.15 Å². The Balaban J connectivity index is 2.09. The van der Waals surface area contributed by atoms with Crippen LogP contribution in [0.5, 0.6) is 0 Å². The van der Waals surface area contributed by atoms with Gasteiger partial charge in [0.1, 0.15) is 5.76 Å². The molecule has 2 amide bonds. The van der Waals surface area contributed by atoms with Crippen molar-refractivity contribution in [1.82, 2.24) is 9.80 Å². The lowest BCUT2D eigenvalue weighted by molar-refractivity contribution is -0.142. The molecule has 6 heteroatoms. The first kappa shape index (κ1) is 21.7. The Bertz CT molecular complexity index is 701. The number of hydrogen-bond acceptors (Lipinski definition) is 4. The van der Waals surface area contributed by atoms with E-state index in [1.54, 1.807) is 29.2 Å². The van der Waals surface area contributed by atoms with Crippen molar-refractivity contribution < 1.29 is 18.7 Å². The van der Waals surface area contributed by atoms with E-state index in [9.17, 15) is 9.59 Å². The van der Waals surface area contributed by atoms with Crippen LogP contribution in [0.25, 0.3) is 0 Å². The Hall–Kier alpha value is -2.60. The molecule has 28 heavy (non-hydrogen) atoms. The van der Waals surface area contributed by atoms with E-state index in [1.807, 2.05) is 43.3 Å². The van der Waals surface area contributed by atoms with Gasteiger partial charge in [0.05, 0.1) is 26.0 Å². The van der Waals surface area contributed by atoms with Gasteiger partial charge in [-0.05, 0) is 24.1 Å². The second-order valence-electron chi connectivity index (χ2n) is 6.73. The third-order valence-electron chi connectivity index (χ3n) is 4.48. The monoisotopic (exact) mass is 386 g/mol. The number of nitrogens with zero attached hydrogens (tertiary/aromatic N) is 2. The molecule has 1 aromatic heterocycles. The Morgan fingerprint density at radius 2 is 1.79 bits per heavy atom. The highest BCUT2D eigenvalue weighted by Gasteiger charge is 2.22. The Labute approximate surface area is 167 Å². The molecule has 0 saturated carbocycles. The van der Waals surface area contributed by atoms with Gasteiger partial charge in [-0.1, -0.05) is 43.7 Å². The van der Waals surface area contributed by atoms with Crippen LogP contribution < -0.4 is 0 Å². The number of benzene rings is 1. The summed E-state index contributed by atoms with van der Waals surface area (Å²) in [6.07, 6.45) is 3.80. The van der Waals surface area contributed by atoms with E-state index in [-0.39, 0.29) is 18.4 Å². The predicted octanol–water partition coefficient (Wildman–Crippen LogP) is 3.47. The molecule has 0 radical (unpaired) electrons. The van der Waals surface area contributed by atoms with E-state index >= 15 is 0 Å². The van der Waals surface area contributed by atoms with Crippen molar-refractivity contribution in [2.75, 3.05) is 26.8 Å². The molecule has 2 aromatic rings. The van der Waals surface area contributed by atoms with Crippen molar-refractivity contribution in [3.63, 3.8) is 0 Å². The number of ether oxygens (including phenoxy) is 1. The topological polar surface area (TPSA) is 63.0 Å². The molecule has 0 unspecified atom stereocenters. The highest BCUT2D eigenvalue weighted by atomic mass is 16.5. The fraction of sp³-hybridized carbons (Fsp3) is 0.455. The minimum atomic E-state index is -0.110. The van der Waals surface area contributed by atoms with Gasteiger partial charge < -0.3 is 19.0 Å². The van der Waals surface area contributed by atoms with Crippen LogP contribution in [0.4, 0.5) is 0 Å². The fourth-order valence-corrected chi connectivity index (χ4v) is 2.87. The van der Waals surface area contributed by atoms with E-state index in [0.29, 0.717) is 38.4 Å². The van der Waals surface area contributed by atoms with Gasteiger partial charge in [0, 0.05) is 26.6 Å². The highest BCUT2D eigenvalue weighted by molar-refractivity contribution is 5.84. The van der Waals surface area contributed by atoms with Crippen molar-refractivity contribution in [2.24, 2.45) is 0 Å². The Morgan fingerprint density at radius 1 is 1.00 bits per heavy atom. The molecule has 0 bridgehead atoms. The first-order valence-corrected chi connectivity index (χ1v) is 9.74. The normalized spacial score (nSPS) is 10.6. The molecule has 0 atom stereocenters. The summed E-state index contributed by atoms with van der Waals surface area (Å²) in [5, 5.41) is 0. The van der Waals surface area contributed by atoms with E-state index in [0.717, 1.165) is 18.4 Å². The van der Waals surface area contributed by atoms with Crippen LogP contribution in [0.1, 0.15) is 37.5 Å². The largest absolute Gasteiger partial charge is 0.467 e. The quantitative estimate of drug-likeness (QED) is 0.560. The number of carbonyl (C=O) groups excluding carboxylic acids is 2. The van der Waals surface area contributed by atoms with Gasteiger partial charge in [0.15, 0.2) is 0 Å². The molecule has 0 spiro atoms. The van der Waals surface area contributed by atoms with Crippen LogP contribution >= 0.6 is 0 Å². The number of rotatable bonds is 12. The molecule has 0 saturated heterocycles. The minimum Gasteiger partial charge on any atom is -0.467 e. The summed E-state index contributed by atoms with van der Waals surface area (Å²) in [5.74, 6) is 0.594. The van der Waals surface area contributed by atoms with Gasteiger partial charge >= 0.3 is 0 Å². The molecule has 6 nitrogen and oxygen atoms in total. The van der Waals surface area contributed by atoms with Crippen LogP contribution in [-0.2, 0) is 27.4 Å². The molecule has 0 aliphatic heterocycles. The third kappa shape index (κ3) is 7.19. The van der Waals surface area contributed by atoms with Crippen LogP contribution in [0.15, 0.2) is 53.1 Å². The third-order valence-corrected chi connectivity index (χ3v) is 4.48. The SMILES string of the molecule is CCCCC(=O)N(CCOC)CC(=O)N(Cc1ccccc1)Cc1ccco1. The molecule has 1 aromatic carbocycles. The number of hydrogen-bond donors (Lipinski definition) is 0. The lowest BCUT2D eigenvalue weighted by Gasteiger charge is -2.27.